The van der Waals surface area contributed by atoms with E-state index in [9.17, 15) is 22.7 Å². The zero-order valence-corrected chi connectivity index (χ0v) is 9.45. The second-order valence-electron chi connectivity index (χ2n) is 4.05. The van der Waals surface area contributed by atoms with Crippen LogP contribution in [0.1, 0.15) is 20.3 Å². The van der Waals surface area contributed by atoms with Crippen LogP contribution in [0.15, 0.2) is 6.07 Å². The van der Waals surface area contributed by atoms with Crippen molar-refractivity contribution in [2.24, 2.45) is 0 Å². The van der Waals surface area contributed by atoms with Crippen LogP contribution in [-0.4, -0.2) is 17.3 Å². The fraction of sp³-hybridized carbons (Fsp3) is 0.455. The van der Waals surface area contributed by atoms with Gasteiger partial charge in [0.2, 0.25) is 0 Å². The highest BCUT2D eigenvalue weighted by molar-refractivity contribution is 5.47. The lowest BCUT2D eigenvalue weighted by molar-refractivity contribution is 0.0696. The van der Waals surface area contributed by atoms with Gasteiger partial charge in [-0.3, -0.25) is 0 Å². The van der Waals surface area contributed by atoms with E-state index in [2.05, 4.69) is 5.32 Å². The molecule has 0 aliphatic heterocycles. The maximum atomic E-state index is 13.2. The zero-order valence-electron chi connectivity index (χ0n) is 9.45. The van der Waals surface area contributed by atoms with E-state index in [1.54, 1.807) is 6.92 Å². The number of halogens is 4. The van der Waals surface area contributed by atoms with E-state index in [1.165, 1.54) is 6.92 Å². The van der Waals surface area contributed by atoms with Crippen molar-refractivity contribution in [3.05, 3.63) is 29.3 Å². The third-order valence-electron chi connectivity index (χ3n) is 2.52. The Labute approximate surface area is 96.3 Å². The molecule has 17 heavy (non-hydrogen) atoms. The number of benzene rings is 1. The van der Waals surface area contributed by atoms with Crippen molar-refractivity contribution in [2.45, 2.75) is 25.9 Å². The van der Waals surface area contributed by atoms with Crippen molar-refractivity contribution in [3.8, 4) is 0 Å². The van der Waals surface area contributed by atoms with Gasteiger partial charge in [-0.2, -0.15) is 0 Å². The van der Waals surface area contributed by atoms with Crippen molar-refractivity contribution in [1.29, 1.82) is 0 Å². The number of anilines is 1. The minimum atomic E-state index is -1.50. The summed E-state index contributed by atoms with van der Waals surface area (Å²) in [7, 11) is 0. The van der Waals surface area contributed by atoms with Crippen molar-refractivity contribution < 1.29 is 22.7 Å². The van der Waals surface area contributed by atoms with Gasteiger partial charge in [-0.05, 0) is 13.3 Å². The van der Waals surface area contributed by atoms with E-state index in [0.717, 1.165) is 0 Å². The molecule has 1 atom stereocenters. The van der Waals surface area contributed by atoms with E-state index in [0.29, 0.717) is 6.42 Å². The number of rotatable bonds is 4. The summed E-state index contributed by atoms with van der Waals surface area (Å²) in [5, 5.41) is 11.8. The molecule has 6 heteroatoms. The summed E-state index contributed by atoms with van der Waals surface area (Å²) >= 11 is 0. The van der Waals surface area contributed by atoms with Gasteiger partial charge in [-0.1, -0.05) is 6.92 Å². The first-order valence-electron chi connectivity index (χ1n) is 5.07. The molecule has 0 heterocycles. The fourth-order valence-electron chi connectivity index (χ4n) is 1.13. The molecule has 0 aromatic heterocycles. The highest BCUT2D eigenvalue weighted by Gasteiger charge is 2.22. The summed E-state index contributed by atoms with van der Waals surface area (Å²) in [4.78, 5) is 0. The Kier molecular flexibility index (Phi) is 3.98. The van der Waals surface area contributed by atoms with Crippen molar-refractivity contribution in [1.82, 2.24) is 0 Å². The van der Waals surface area contributed by atoms with Gasteiger partial charge in [0.25, 0.3) is 0 Å². The zero-order chi connectivity index (χ0) is 13.2. The Morgan fingerprint density at radius 1 is 1.18 bits per heavy atom. The minimum absolute atomic E-state index is 0.133. The highest BCUT2D eigenvalue weighted by atomic mass is 19.2. The first-order valence-corrected chi connectivity index (χ1v) is 5.07. The van der Waals surface area contributed by atoms with Crippen LogP contribution in [0.5, 0.6) is 0 Å². The van der Waals surface area contributed by atoms with E-state index in [4.69, 9.17) is 0 Å². The van der Waals surface area contributed by atoms with Crippen LogP contribution in [0.2, 0.25) is 0 Å². The average molecular weight is 251 g/mol. The van der Waals surface area contributed by atoms with Crippen LogP contribution in [0.3, 0.4) is 0 Å². The van der Waals surface area contributed by atoms with Crippen LogP contribution in [0.4, 0.5) is 23.2 Å². The van der Waals surface area contributed by atoms with Crippen molar-refractivity contribution in [2.75, 3.05) is 11.9 Å². The Bertz CT molecular complexity index is 394. The standard InChI is InChI=1S/C11H13F4NO/c1-3-11(2,17)5-16-10-8(14)6(12)4-7(13)9(10)15/h4,16-17H,3,5H2,1-2H3. The monoisotopic (exact) mass is 251 g/mol. The molecule has 1 unspecified atom stereocenters. The Hall–Kier alpha value is -1.30. The quantitative estimate of drug-likeness (QED) is 0.637. The molecule has 0 saturated carbocycles. The van der Waals surface area contributed by atoms with Crippen molar-refractivity contribution >= 4 is 5.69 Å². The largest absolute Gasteiger partial charge is 0.388 e. The fourth-order valence-corrected chi connectivity index (χ4v) is 1.13. The van der Waals surface area contributed by atoms with Crippen LogP contribution in [0.25, 0.3) is 0 Å². The van der Waals surface area contributed by atoms with Gasteiger partial charge in [0.05, 0.1) is 5.60 Å². The molecule has 0 aliphatic carbocycles. The SMILES string of the molecule is CCC(C)(O)CNc1c(F)c(F)cc(F)c1F. The summed E-state index contributed by atoms with van der Waals surface area (Å²) in [5.41, 5.74) is -2.13. The molecular weight excluding hydrogens is 238 g/mol. The van der Waals surface area contributed by atoms with Gasteiger partial charge < -0.3 is 10.4 Å². The van der Waals surface area contributed by atoms with Crippen LogP contribution < -0.4 is 5.32 Å². The van der Waals surface area contributed by atoms with Gasteiger partial charge in [-0.25, -0.2) is 17.6 Å². The molecule has 0 spiro atoms. The smallest absolute Gasteiger partial charge is 0.185 e. The Balaban J connectivity index is 2.99. The van der Waals surface area contributed by atoms with Gasteiger partial charge in [0.15, 0.2) is 23.3 Å². The summed E-state index contributed by atoms with van der Waals surface area (Å²) < 4.78 is 52.1. The van der Waals surface area contributed by atoms with Gasteiger partial charge in [-0.15, -0.1) is 0 Å². The first-order chi connectivity index (χ1) is 7.78. The Morgan fingerprint density at radius 3 is 2.06 bits per heavy atom. The number of aliphatic hydroxyl groups is 1. The van der Waals surface area contributed by atoms with E-state index < -0.39 is 34.6 Å². The lowest BCUT2D eigenvalue weighted by Crippen LogP contribution is -2.33. The molecule has 0 saturated heterocycles. The van der Waals surface area contributed by atoms with Crippen molar-refractivity contribution in [3.63, 3.8) is 0 Å². The third-order valence-corrected chi connectivity index (χ3v) is 2.52. The number of nitrogens with one attached hydrogen (secondary N) is 1. The molecule has 0 fully saturated rings. The summed E-state index contributed by atoms with van der Waals surface area (Å²) in [6.45, 7) is 2.88. The van der Waals surface area contributed by atoms with Crippen LogP contribution in [-0.2, 0) is 0 Å². The predicted molar refractivity (Wildman–Crippen MR) is 55.7 cm³/mol. The van der Waals surface area contributed by atoms with E-state index in [-0.39, 0.29) is 12.6 Å². The first kappa shape index (κ1) is 13.8. The molecule has 1 aromatic rings. The number of hydrogen-bond acceptors (Lipinski definition) is 2. The maximum Gasteiger partial charge on any atom is 0.185 e. The molecule has 0 aliphatic rings. The third kappa shape index (κ3) is 3.09. The molecule has 1 rings (SSSR count). The highest BCUT2D eigenvalue weighted by Crippen LogP contribution is 2.24. The summed E-state index contributed by atoms with van der Waals surface area (Å²) in [5.74, 6) is -5.98. The molecule has 2 nitrogen and oxygen atoms in total. The predicted octanol–water partition coefficient (Wildman–Crippen LogP) is 2.82. The second kappa shape index (κ2) is 4.91. The van der Waals surface area contributed by atoms with Gasteiger partial charge >= 0.3 is 0 Å². The molecule has 1 aromatic carbocycles. The molecular formula is C11H13F4NO. The molecule has 0 radical (unpaired) electrons. The second-order valence-corrected chi connectivity index (χ2v) is 4.05. The lowest BCUT2D eigenvalue weighted by Gasteiger charge is -2.22. The van der Waals surface area contributed by atoms with Gasteiger partial charge in [0.1, 0.15) is 5.69 Å². The normalized spacial score (nSPS) is 14.5. The Morgan fingerprint density at radius 2 is 1.65 bits per heavy atom. The molecule has 0 amide bonds. The van der Waals surface area contributed by atoms with E-state index >= 15 is 0 Å². The summed E-state index contributed by atoms with van der Waals surface area (Å²) in [6.07, 6.45) is 0.320. The number of hydrogen-bond donors (Lipinski definition) is 2. The topological polar surface area (TPSA) is 32.3 Å². The minimum Gasteiger partial charge on any atom is -0.388 e. The maximum absolute atomic E-state index is 13.2. The van der Waals surface area contributed by atoms with Gasteiger partial charge in [0, 0.05) is 12.6 Å². The van der Waals surface area contributed by atoms with Crippen LogP contribution >= 0.6 is 0 Å². The molecule has 0 bridgehead atoms. The lowest BCUT2D eigenvalue weighted by atomic mass is 10.0. The average Bonchev–Trinajstić information content (AvgIpc) is 2.26. The van der Waals surface area contributed by atoms with E-state index in [1.807, 2.05) is 0 Å². The molecule has 96 valence electrons. The van der Waals surface area contributed by atoms with Crippen LogP contribution in [0, 0.1) is 23.3 Å². The summed E-state index contributed by atoms with van der Waals surface area (Å²) in [6, 6.07) is 0.133. The molecule has 2 N–H and O–H groups in total.